The number of aliphatic hydroxyl groups excluding tert-OH is 1. The van der Waals surface area contributed by atoms with Gasteiger partial charge < -0.3 is 10.8 Å². The third kappa shape index (κ3) is 3.54. The summed E-state index contributed by atoms with van der Waals surface area (Å²) in [6.45, 7) is 1.26. The molecule has 19 heavy (non-hydrogen) atoms. The molecule has 0 amide bonds. The van der Waals surface area contributed by atoms with Crippen molar-refractivity contribution in [1.82, 2.24) is 4.90 Å². The molecule has 1 fully saturated rings. The van der Waals surface area contributed by atoms with Crippen LogP contribution in [-0.2, 0) is 15.4 Å². The van der Waals surface area contributed by atoms with Crippen molar-refractivity contribution in [2.45, 2.75) is 5.54 Å². The lowest BCUT2D eigenvalue weighted by atomic mass is 9.91. The molecule has 0 aromatic heterocycles. The van der Waals surface area contributed by atoms with Crippen LogP contribution in [0.2, 0.25) is 0 Å². The Labute approximate surface area is 113 Å². The van der Waals surface area contributed by atoms with Gasteiger partial charge in [0.25, 0.3) is 0 Å². The van der Waals surface area contributed by atoms with Gasteiger partial charge in [-0.15, -0.1) is 0 Å². The predicted octanol–water partition coefficient (Wildman–Crippen LogP) is -0.437. The smallest absolute Gasteiger partial charge is 0.152 e. The molecule has 1 unspecified atom stereocenters. The fourth-order valence-electron chi connectivity index (χ4n) is 2.31. The van der Waals surface area contributed by atoms with Crippen LogP contribution in [0.25, 0.3) is 0 Å². The minimum Gasteiger partial charge on any atom is -0.394 e. The molecule has 3 N–H and O–H groups in total. The van der Waals surface area contributed by atoms with Crippen molar-refractivity contribution in [2.75, 3.05) is 37.7 Å². The largest absolute Gasteiger partial charge is 0.394 e. The number of nitrogens with zero attached hydrogens (tertiary/aromatic N) is 1. The lowest BCUT2D eigenvalue weighted by molar-refractivity contribution is 0.141. The third-order valence-corrected chi connectivity index (χ3v) is 5.18. The van der Waals surface area contributed by atoms with Gasteiger partial charge in [0.15, 0.2) is 9.84 Å². The second kappa shape index (κ2) is 5.58. The first-order valence-corrected chi connectivity index (χ1v) is 8.15. The zero-order chi connectivity index (χ0) is 13.9. The number of hydrogen-bond donors (Lipinski definition) is 2. The van der Waals surface area contributed by atoms with E-state index < -0.39 is 15.4 Å². The van der Waals surface area contributed by atoms with Gasteiger partial charge in [-0.25, -0.2) is 8.42 Å². The highest BCUT2D eigenvalue weighted by molar-refractivity contribution is 7.91. The third-order valence-electron chi connectivity index (χ3n) is 3.57. The lowest BCUT2D eigenvalue weighted by Gasteiger charge is -2.36. The summed E-state index contributed by atoms with van der Waals surface area (Å²) in [7, 11) is -2.89. The van der Waals surface area contributed by atoms with Gasteiger partial charge >= 0.3 is 0 Å². The van der Waals surface area contributed by atoms with Crippen LogP contribution in [0.5, 0.6) is 0 Å². The maximum atomic E-state index is 11.4. The highest BCUT2D eigenvalue weighted by atomic mass is 32.2. The van der Waals surface area contributed by atoms with Gasteiger partial charge in [-0.2, -0.15) is 0 Å². The first kappa shape index (κ1) is 14.5. The molecule has 0 spiro atoms. The quantitative estimate of drug-likeness (QED) is 0.783. The first-order chi connectivity index (χ1) is 8.95. The molecule has 1 saturated heterocycles. The number of hydrogen-bond acceptors (Lipinski definition) is 5. The van der Waals surface area contributed by atoms with Crippen LogP contribution in [0.15, 0.2) is 30.3 Å². The van der Waals surface area contributed by atoms with Gasteiger partial charge in [0.1, 0.15) is 0 Å². The number of sulfone groups is 1. The summed E-state index contributed by atoms with van der Waals surface area (Å²) in [5, 5.41) is 9.60. The summed E-state index contributed by atoms with van der Waals surface area (Å²) >= 11 is 0. The number of aliphatic hydroxyl groups is 1. The molecule has 1 aliphatic heterocycles. The van der Waals surface area contributed by atoms with E-state index in [9.17, 15) is 13.5 Å². The van der Waals surface area contributed by atoms with Gasteiger partial charge in [-0.05, 0) is 5.56 Å². The van der Waals surface area contributed by atoms with Crippen LogP contribution in [-0.4, -0.2) is 56.2 Å². The van der Waals surface area contributed by atoms with Gasteiger partial charge in [0.2, 0.25) is 0 Å². The molecule has 1 atom stereocenters. The first-order valence-electron chi connectivity index (χ1n) is 6.33. The van der Waals surface area contributed by atoms with Gasteiger partial charge in [-0.3, -0.25) is 4.90 Å². The zero-order valence-corrected chi connectivity index (χ0v) is 11.6. The van der Waals surface area contributed by atoms with E-state index in [1.54, 1.807) is 0 Å². The number of nitrogens with two attached hydrogens (primary N) is 1. The highest BCUT2D eigenvalue weighted by Crippen LogP contribution is 2.20. The Bertz CT molecular complexity index is 504. The number of rotatable bonds is 4. The maximum Gasteiger partial charge on any atom is 0.152 e. The van der Waals surface area contributed by atoms with E-state index in [2.05, 4.69) is 0 Å². The Morgan fingerprint density at radius 3 is 2.32 bits per heavy atom. The van der Waals surface area contributed by atoms with Crippen LogP contribution in [0, 0.1) is 0 Å². The average molecular weight is 284 g/mol. The topological polar surface area (TPSA) is 83.6 Å². The Balaban J connectivity index is 2.08. The van der Waals surface area contributed by atoms with E-state index in [4.69, 9.17) is 5.73 Å². The van der Waals surface area contributed by atoms with Crippen molar-refractivity contribution in [2.24, 2.45) is 5.73 Å². The minimum absolute atomic E-state index is 0.166. The molecule has 1 heterocycles. The fraction of sp³-hybridized carbons (Fsp3) is 0.538. The summed E-state index contributed by atoms with van der Waals surface area (Å²) < 4.78 is 22.8. The van der Waals surface area contributed by atoms with Crippen LogP contribution in [0.4, 0.5) is 0 Å². The van der Waals surface area contributed by atoms with E-state index in [0.717, 1.165) is 5.56 Å². The summed E-state index contributed by atoms with van der Waals surface area (Å²) in [5.74, 6) is 0.340. The van der Waals surface area contributed by atoms with Crippen LogP contribution < -0.4 is 5.73 Å². The second-order valence-electron chi connectivity index (χ2n) is 5.11. The molecule has 0 bridgehead atoms. The Hall–Kier alpha value is -0.950. The van der Waals surface area contributed by atoms with Crippen LogP contribution in [0.3, 0.4) is 0 Å². The van der Waals surface area contributed by atoms with E-state index in [1.165, 1.54) is 0 Å². The molecular weight excluding hydrogens is 264 g/mol. The Morgan fingerprint density at radius 2 is 1.79 bits per heavy atom. The average Bonchev–Trinajstić information content (AvgIpc) is 2.42. The highest BCUT2D eigenvalue weighted by Gasteiger charge is 2.31. The maximum absolute atomic E-state index is 11.4. The van der Waals surface area contributed by atoms with Crippen LogP contribution >= 0.6 is 0 Å². The van der Waals surface area contributed by atoms with Crippen molar-refractivity contribution in [1.29, 1.82) is 0 Å². The molecule has 1 aromatic carbocycles. The predicted molar refractivity (Wildman–Crippen MR) is 74.5 cm³/mol. The molecule has 0 radical (unpaired) electrons. The molecule has 1 aromatic rings. The fourth-order valence-corrected chi connectivity index (χ4v) is 3.59. The molecule has 6 heteroatoms. The molecule has 106 valence electrons. The summed E-state index contributed by atoms with van der Waals surface area (Å²) in [5.41, 5.74) is 6.30. The molecule has 0 aliphatic carbocycles. The molecule has 0 saturated carbocycles. The summed E-state index contributed by atoms with van der Waals surface area (Å²) in [6, 6.07) is 9.43. The standard InChI is InChI=1S/C13H20N2O3S/c14-13(11-16,12-4-2-1-3-5-12)10-15-6-8-19(17,18)9-7-15/h1-5,16H,6-11,14H2. The second-order valence-corrected chi connectivity index (χ2v) is 7.41. The lowest BCUT2D eigenvalue weighted by Crippen LogP contribution is -2.53. The molecular formula is C13H20N2O3S. The van der Waals surface area contributed by atoms with Crippen molar-refractivity contribution in [3.63, 3.8) is 0 Å². The summed E-state index contributed by atoms with van der Waals surface area (Å²) in [4.78, 5) is 2.00. The van der Waals surface area contributed by atoms with E-state index in [0.29, 0.717) is 19.6 Å². The van der Waals surface area contributed by atoms with E-state index in [1.807, 2.05) is 35.2 Å². The van der Waals surface area contributed by atoms with Crippen molar-refractivity contribution in [3.05, 3.63) is 35.9 Å². The van der Waals surface area contributed by atoms with Gasteiger partial charge in [0, 0.05) is 19.6 Å². The minimum atomic E-state index is -2.89. The number of benzene rings is 1. The van der Waals surface area contributed by atoms with Crippen molar-refractivity contribution < 1.29 is 13.5 Å². The molecule has 2 rings (SSSR count). The van der Waals surface area contributed by atoms with Crippen LogP contribution in [0.1, 0.15) is 5.56 Å². The summed E-state index contributed by atoms with van der Waals surface area (Å²) in [6.07, 6.45) is 0. The van der Waals surface area contributed by atoms with Crippen molar-refractivity contribution >= 4 is 9.84 Å². The molecule has 1 aliphatic rings. The Morgan fingerprint density at radius 1 is 1.21 bits per heavy atom. The monoisotopic (exact) mass is 284 g/mol. The van der Waals surface area contributed by atoms with Crippen molar-refractivity contribution in [3.8, 4) is 0 Å². The normalized spacial score (nSPS) is 22.8. The SMILES string of the molecule is NC(CO)(CN1CCS(=O)(=O)CC1)c1ccccc1. The van der Waals surface area contributed by atoms with Gasteiger partial charge in [-0.1, -0.05) is 30.3 Å². The van der Waals surface area contributed by atoms with E-state index in [-0.39, 0.29) is 18.1 Å². The van der Waals surface area contributed by atoms with E-state index >= 15 is 0 Å². The molecule has 5 nitrogen and oxygen atoms in total. The van der Waals surface area contributed by atoms with Gasteiger partial charge in [0.05, 0.1) is 23.7 Å². The zero-order valence-electron chi connectivity index (χ0n) is 10.8. The Kier molecular flexibility index (Phi) is 4.25.